The highest BCUT2D eigenvalue weighted by Gasteiger charge is 2.13. The molecule has 0 aliphatic rings. The molecule has 0 saturated carbocycles. The molecule has 0 heterocycles. The van der Waals surface area contributed by atoms with Crippen molar-refractivity contribution in [2.24, 2.45) is 0 Å². The summed E-state index contributed by atoms with van der Waals surface area (Å²) in [5, 5.41) is 2.86. The van der Waals surface area contributed by atoms with Gasteiger partial charge in [0.25, 0.3) is 0 Å². The van der Waals surface area contributed by atoms with Gasteiger partial charge in [0, 0.05) is 12.2 Å². The lowest BCUT2D eigenvalue weighted by atomic mass is 10.1. The number of esters is 1. The van der Waals surface area contributed by atoms with Gasteiger partial charge in [0.1, 0.15) is 5.82 Å². The zero-order chi connectivity index (χ0) is 15.4. The summed E-state index contributed by atoms with van der Waals surface area (Å²) in [4.78, 5) is 11.6. The number of carbonyl (C=O) groups excluding carboxylic acids is 1. The van der Waals surface area contributed by atoms with Gasteiger partial charge in [-0.15, -0.1) is 0 Å². The second-order valence-electron chi connectivity index (χ2n) is 4.28. The van der Waals surface area contributed by atoms with Crippen LogP contribution in [-0.2, 0) is 11.3 Å². The molecule has 1 N–H and O–H groups in total. The van der Waals surface area contributed by atoms with Gasteiger partial charge in [-0.2, -0.15) is 0 Å². The molecule has 0 radical (unpaired) electrons. The molecule has 0 fully saturated rings. The molecule has 0 aliphatic carbocycles. The van der Waals surface area contributed by atoms with Crippen LogP contribution < -0.4 is 5.32 Å². The highest BCUT2D eigenvalue weighted by Crippen LogP contribution is 2.19. The Morgan fingerprint density at radius 2 is 1.86 bits per heavy atom. The van der Waals surface area contributed by atoms with Gasteiger partial charge in [-0.3, -0.25) is 0 Å². The summed E-state index contributed by atoms with van der Waals surface area (Å²) in [6.07, 6.45) is 0. The fraction of sp³-hybridized carbons (Fsp3) is 0.133. The Bertz CT molecular complexity index is 674. The van der Waals surface area contributed by atoms with Crippen LogP contribution in [0, 0.1) is 17.5 Å². The number of methoxy groups -OCH3 is 1. The molecular weight excluding hydrogens is 283 g/mol. The summed E-state index contributed by atoms with van der Waals surface area (Å²) in [5.41, 5.74) is 0.849. The molecule has 2 aromatic carbocycles. The lowest BCUT2D eigenvalue weighted by molar-refractivity contribution is 0.0601. The fourth-order valence-corrected chi connectivity index (χ4v) is 1.80. The van der Waals surface area contributed by atoms with Crippen molar-refractivity contribution in [1.29, 1.82) is 0 Å². The molecule has 110 valence electrons. The van der Waals surface area contributed by atoms with Crippen LogP contribution in [0.3, 0.4) is 0 Å². The lowest BCUT2D eigenvalue weighted by Crippen LogP contribution is -2.09. The van der Waals surface area contributed by atoms with E-state index in [4.69, 9.17) is 0 Å². The largest absolute Gasteiger partial charge is 0.465 e. The molecule has 0 bridgehead atoms. The highest BCUT2D eigenvalue weighted by atomic mass is 19.2. The van der Waals surface area contributed by atoms with E-state index in [1.54, 1.807) is 0 Å². The molecule has 2 rings (SSSR count). The van der Waals surface area contributed by atoms with E-state index in [0.717, 1.165) is 18.2 Å². The zero-order valence-electron chi connectivity index (χ0n) is 11.1. The number of benzene rings is 2. The first-order valence-corrected chi connectivity index (χ1v) is 6.07. The molecule has 0 atom stereocenters. The Morgan fingerprint density at radius 1 is 1.10 bits per heavy atom. The highest BCUT2D eigenvalue weighted by molar-refractivity contribution is 5.95. The van der Waals surface area contributed by atoms with Crippen LogP contribution in [0.4, 0.5) is 18.9 Å². The maximum atomic E-state index is 13.2. The quantitative estimate of drug-likeness (QED) is 0.877. The molecule has 0 unspecified atom stereocenters. The van der Waals surface area contributed by atoms with E-state index in [1.807, 2.05) is 0 Å². The van der Waals surface area contributed by atoms with E-state index >= 15 is 0 Å². The smallest absolute Gasteiger partial charge is 0.340 e. The molecule has 0 amide bonds. The summed E-state index contributed by atoms with van der Waals surface area (Å²) in [5.74, 6) is -3.16. The van der Waals surface area contributed by atoms with E-state index < -0.39 is 23.4 Å². The normalized spacial score (nSPS) is 10.3. The van der Waals surface area contributed by atoms with Crippen molar-refractivity contribution in [3.05, 3.63) is 65.0 Å². The van der Waals surface area contributed by atoms with Crippen LogP contribution in [0.1, 0.15) is 15.9 Å². The van der Waals surface area contributed by atoms with Crippen LogP contribution in [-0.4, -0.2) is 13.1 Å². The standard InChI is InChI=1S/C15H12F3NO2/c1-21-15(20)11-7-10(16)3-5-14(11)19-8-9-2-4-12(17)13(18)6-9/h2-7,19H,8H2,1H3. The van der Waals surface area contributed by atoms with Gasteiger partial charge in [-0.25, -0.2) is 18.0 Å². The zero-order valence-corrected chi connectivity index (χ0v) is 11.1. The Morgan fingerprint density at radius 3 is 2.52 bits per heavy atom. The van der Waals surface area contributed by atoms with Crippen molar-refractivity contribution in [1.82, 2.24) is 0 Å². The van der Waals surface area contributed by atoms with E-state index in [2.05, 4.69) is 10.1 Å². The first kappa shape index (κ1) is 14.9. The minimum atomic E-state index is -0.957. The molecule has 0 spiro atoms. The van der Waals surface area contributed by atoms with Crippen LogP contribution in [0.25, 0.3) is 0 Å². The van der Waals surface area contributed by atoms with Crippen molar-refractivity contribution in [3.8, 4) is 0 Å². The molecule has 3 nitrogen and oxygen atoms in total. The molecule has 0 saturated heterocycles. The summed E-state index contributed by atoms with van der Waals surface area (Å²) >= 11 is 0. The SMILES string of the molecule is COC(=O)c1cc(F)ccc1NCc1ccc(F)c(F)c1. The Balaban J connectivity index is 2.19. The third kappa shape index (κ3) is 3.53. The molecule has 6 heteroatoms. The second kappa shape index (κ2) is 6.30. The summed E-state index contributed by atoms with van der Waals surface area (Å²) in [7, 11) is 1.19. The fourth-order valence-electron chi connectivity index (χ4n) is 1.80. The van der Waals surface area contributed by atoms with E-state index in [1.165, 1.54) is 25.3 Å². The molecule has 0 aromatic heterocycles. The number of halogens is 3. The monoisotopic (exact) mass is 295 g/mol. The molecule has 0 aliphatic heterocycles. The number of anilines is 1. The number of nitrogens with one attached hydrogen (secondary N) is 1. The number of hydrogen-bond acceptors (Lipinski definition) is 3. The first-order chi connectivity index (χ1) is 10.0. The van der Waals surface area contributed by atoms with Gasteiger partial charge in [0.15, 0.2) is 11.6 Å². The third-order valence-electron chi connectivity index (χ3n) is 2.85. The van der Waals surface area contributed by atoms with E-state index in [0.29, 0.717) is 11.3 Å². The predicted molar refractivity (Wildman–Crippen MR) is 71.4 cm³/mol. The number of carbonyl (C=O) groups is 1. The van der Waals surface area contributed by atoms with Crippen molar-refractivity contribution in [2.75, 3.05) is 12.4 Å². The second-order valence-corrected chi connectivity index (χ2v) is 4.28. The van der Waals surface area contributed by atoms with Crippen LogP contribution >= 0.6 is 0 Å². The minimum absolute atomic E-state index is 0.0279. The van der Waals surface area contributed by atoms with Gasteiger partial charge in [-0.1, -0.05) is 6.07 Å². The Labute approximate surface area is 119 Å². The van der Waals surface area contributed by atoms with Crippen molar-refractivity contribution >= 4 is 11.7 Å². The average Bonchev–Trinajstić information content (AvgIpc) is 2.48. The van der Waals surface area contributed by atoms with Gasteiger partial charge < -0.3 is 10.1 Å². The lowest BCUT2D eigenvalue weighted by Gasteiger charge is -2.11. The van der Waals surface area contributed by atoms with Crippen molar-refractivity contribution in [2.45, 2.75) is 6.54 Å². The van der Waals surface area contributed by atoms with E-state index in [9.17, 15) is 18.0 Å². The average molecular weight is 295 g/mol. The molecule has 21 heavy (non-hydrogen) atoms. The minimum Gasteiger partial charge on any atom is -0.465 e. The number of ether oxygens (including phenoxy) is 1. The van der Waals surface area contributed by atoms with Crippen molar-refractivity contribution in [3.63, 3.8) is 0 Å². The van der Waals surface area contributed by atoms with Gasteiger partial charge in [0.05, 0.1) is 12.7 Å². The predicted octanol–water partition coefficient (Wildman–Crippen LogP) is 3.50. The third-order valence-corrected chi connectivity index (χ3v) is 2.85. The Kier molecular flexibility index (Phi) is 4.47. The summed E-state index contributed by atoms with van der Waals surface area (Å²) < 4.78 is 43.7. The maximum Gasteiger partial charge on any atom is 0.340 e. The van der Waals surface area contributed by atoms with E-state index in [-0.39, 0.29) is 12.1 Å². The van der Waals surface area contributed by atoms with Crippen molar-refractivity contribution < 1.29 is 22.7 Å². The van der Waals surface area contributed by atoms with Gasteiger partial charge in [-0.05, 0) is 35.9 Å². The number of hydrogen-bond donors (Lipinski definition) is 1. The number of rotatable bonds is 4. The van der Waals surface area contributed by atoms with Crippen LogP contribution in [0.15, 0.2) is 36.4 Å². The van der Waals surface area contributed by atoms with Crippen LogP contribution in [0.5, 0.6) is 0 Å². The molecule has 2 aromatic rings. The van der Waals surface area contributed by atoms with Crippen LogP contribution in [0.2, 0.25) is 0 Å². The first-order valence-electron chi connectivity index (χ1n) is 6.07. The van der Waals surface area contributed by atoms with Gasteiger partial charge in [0.2, 0.25) is 0 Å². The Hall–Kier alpha value is -2.50. The summed E-state index contributed by atoms with van der Waals surface area (Å²) in [6, 6.07) is 7.07. The molecular formula is C15H12F3NO2. The summed E-state index contributed by atoms with van der Waals surface area (Å²) in [6.45, 7) is 0.146. The van der Waals surface area contributed by atoms with Gasteiger partial charge >= 0.3 is 5.97 Å². The maximum absolute atomic E-state index is 13.2. The topological polar surface area (TPSA) is 38.3 Å².